The van der Waals surface area contributed by atoms with Gasteiger partial charge in [0.05, 0.1) is 59.8 Å². The molecule has 5 heterocycles. The van der Waals surface area contributed by atoms with Gasteiger partial charge in [-0.1, -0.05) is 59.2 Å². The summed E-state index contributed by atoms with van der Waals surface area (Å²) in [5.74, 6) is -4.96. The smallest absolute Gasteiger partial charge is 0.411 e. The highest BCUT2D eigenvalue weighted by atomic mass is 16.7. The van der Waals surface area contributed by atoms with Gasteiger partial charge >= 0.3 is 12.1 Å². The maximum Gasteiger partial charge on any atom is 0.411 e. The molecule has 5 saturated heterocycles. The van der Waals surface area contributed by atoms with Crippen molar-refractivity contribution < 1.29 is 58.1 Å². The van der Waals surface area contributed by atoms with E-state index in [1.165, 1.54) is 7.11 Å². The zero-order valence-corrected chi connectivity index (χ0v) is 35.7. The van der Waals surface area contributed by atoms with Gasteiger partial charge in [0, 0.05) is 43.4 Å². The van der Waals surface area contributed by atoms with Crippen LogP contribution in [0.3, 0.4) is 0 Å². The number of aliphatic hydroxyl groups excluding tert-OH is 1. The largest absolute Gasteiger partial charge is 0.481 e. The Balaban J connectivity index is 1.10. The second-order valence-corrected chi connectivity index (χ2v) is 18.7. The summed E-state index contributed by atoms with van der Waals surface area (Å²) >= 11 is 0. The van der Waals surface area contributed by atoms with Crippen molar-refractivity contribution >= 4 is 17.7 Å². The summed E-state index contributed by atoms with van der Waals surface area (Å²) in [5, 5.41) is 35.6. The molecule has 13 nitrogen and oxygen atoms in total. The third-order valence-electron chi connectivity index (χ3n) is 14.5. The molecule has 0 saturated carbocycles. The van der Waals surface area contributed by atoms with Gasteiger partial charge < -0.3 is 48.5 Å². The molecule has 5 aliphatic rings. The summed E-state index contributed by atoms with van der Waals surface area (Å²) in [7, 11) is 1.52. The van der Waals surface area contributed by atoms with Gasteiger partial charge in [-0.05, 0) is 83.3 Å². The predicted molar refractivity (Wildman–Crippen MR) is 211 cm³/mol. The highest BCUT2D eigenvalue weighted by molar-refractivity contribution is 5.84. The van der Waals surface area contributed by atoms with Crippen LogP contribution in [0.5, 0.6) is 0 Å². The summed E-state index contributed by atoms with van der Waals surface area (Å²) in [5.41, 5.74) is 0.443. The SMILES string of the molecule is CCC1(C2OC(C3OC(O)(COC(=O)Nc4ccc(C)cc4)C(C)CC3C)CC2C)CCC(C2(C)CCC3(CC(O)C(C)C(C(C)C(OC)C(C)C(=O)O)O3)O2)O1. The lowest BCUT2D eigenvalue weighted by molar-refractivity contribution is -0.336. The molecule has 1 aromatic rings. The number of hydrogen-bond donors (Lipinski definition) is 4. The van der Waals surface area contributed by atoms with E-state index in [2.05, 4.69) is 33.0 Å². The number of carbonyl (C=O) groups is 2. The quantitative estimate of drug-likeness (QED) is 0.174. The van der Waals surface area contributed by atoms with Crippen molar-refractivity contribution in [3.8, 4) is 0 Å². The molecule has 0 aliphatic carbocycles. The van der Waals surface area contributed by atoms with Crippen LogP contribution in [0.1, 0.15) is 112 Å². The lowest BCUT2D eigenvalue weighted by atomic mass is 9.78. The second-order valence-electron chi connectivity index (χ2n) is 18.7. The summed E-state index contributed by atoms with van der Waals surface area (Å²) in [4.78, 5) is 24.6. The number of methoxy groups -OCH3 is 1. The minimum atomic E-state index is -1.67. The van der Waals surface area contributed by atoms with E-state index in [-0.39, 0.29) is 54.5 Å². The number of aliphatic hydroxyl groups is 2. The number of amides is 1. The summed E-state index contributed by atoms with van der Waals surface area (Å²) in [6, 6.07) is 7.40. The molecular formula is C44H69NO12. The lowest BCUT2D eigenvalue weighted by Crippen LogP contribution is -2.57. The molecule has 5 aliphatic heterocycles. The summed E-state index contributed by atoms with van der Waals surface area (Å²) < 4.78 is 45.6. The van der Waals surface area contributed by atoms with E-state index in [0.717, 1.165) is 31.2 Å². The van der Waals surface area contributed by atoms with Crippen LogP contribution in [0.25, 0.3) is 0 Å². The third kappa shape index (κ3) is 8.78. The van der Waals surface area contributed by atoms with Gasteiger partial charge in [0.2, 0.25) is 5.79 Å². The number of ether oxygens (including phenoxy) is 7. The van der Waals surface area contributed by atoms with Crippen molar-refractivity contribution in [2.45, 2.75) is 179 Å². The van der Waals surface area contributed by atoms with Crippen LogP contribution in [-0.4, -0.2) is 107 Å². The van der Waals surface area contributed by atoms with Crippen molar-refractivity contribution in [1.82, 2.24) is 0 Å². The number of hydrogen-bond acceptors (Lipinski definition) is 11. The van der Waals surface area contributed by atoms with Crippen LogP contribution in [0.15, 0.2) is 24.3 Å². The third-order valence-corrected chi connectivity index (χ3v) is 14.5. The van der Waals surface area contributed by atoms with E-state index in [1.807, 2.05) is 39.8 Å². The molecule has 0 radical (unpaired) electrons. The molecule has 17 unspecified atom stereocenters. The van der Waals surface area contributed by atoms with E-state index in [0.29, 0.717) is 31.4 Å². The fourth-order valence-electron chi connectivity index (χ4n) is 10.9. The summed E-state index contributed by atoms with van der Waals surface area (Å²) in [6.07, 6.45) is 1.72. The first-order valence-electron chi connectivity index (χ1n) is 21.3. The zero-order valence-electron chi connectivity index (χ0n) is 35.7. The van der Waals surface area contributed by atoms with Gasteiger partial charge in [0.1, 0.15) is 6.61 Å². The minimum Gasteiger partial charge on any atom is -0.481 e. The van der Waals surface area contributed by atoms with Gasteiger partial charge in [-0.15, -0.1) is 0 Å². The number of nitrogens with one attached hydrogen (secondary N) is 1. The fraction of sp³-hybridized carbons (Fsp3) is 0.818. The molecule has 5 fully saturated rings. The average molecular weight is 804 g/mol. The Labute approximate surface area is 338 Å². The minimum absolute atomic E-state index is 0.0982. The molecule has 0 bridgehead atoms. The van der Waals surface area contributed by atoms with Gasteiger partial charge in [-0.25, -0.2) is 4.79 Å². The van der Waals surface area contributed by atoms with E-state index >= 15 is 0 Å². The van der Waals surface area contributed by atoms with Crippen molar-refractivity contribution in [3.63, 3.8) is 0 Å². The zero-order chi connectivity index (χ0) is 41.7. The molecule has 57 heavy (non-hydrogen) atoms. The van der Waals surface area contributed by atoms with Gasteiger partial charge in [-0.2, -0.15) is 0 Å². The Morgan fingerprint density at radius 1 is 1.00 bits per heavy atom. The van der Waals surface area contributed by atoms with Crippen LogP contribution in [0.2, 0.25) is 0 Å². The second kappa shape index (κ2) is 17.0. The highest BCUT2D eigenvalue weighted by Crippen LogP contribution is 2.55. The Hall–Kier alpha value is -2.36. The van der Waals surface area contributed by atoms with Crippen molar-refractivity contribution in [3.05, 3.63) is 29.8 Å². The van der Waals surface area contributed by atoms with Crippen LogP contribution in [0, 0.1) is 42.4 Å². The number of carbonyl (C=O) groups excluding carboxylic acids is 1. The number of benzene rings is 1. The molecule has 13 heteroatoms. The van der Waals surface area contributed by atoms with Crippen molar-refractivity contribution in [2.75, 3.05) is 19.0 Å². The Morgan fingerprint density at radius 2 is 1.70 bits per heavy atom. The van der Waals surface area contributed by atoms with Crippen molar-refractivity contribution in [2.24, 2.45) is 35.5 Å². The number of rotatable bonds is 12. The number of aryl methyl sites for hydroxylation is 1. The predicted octanol–water partition coefficient (Wildman–Crippen LogP) is 6.84. The van der Waals surface area contributed by atoms with Gasteiger partial charge in [0.25, 0.3) is 0 Å². The van der Waals surface area contributed by atoms with Crippen LogP contribution >= 0.6 is 0 Å². The van der Waals surface area contributed by atoms with E-state index in [4.69, 9.17) is 33.2 Å². The van der Waals surface area contributed by atoms with Crippen LogP contribution < -0.4 is 5.32 Å². The van der Waals surface area contributed by atoms with Crippen molar-refractivity contribution in [1.29, 1.82) is 0 Å². The van der Waals surface area contributed by atoms with E-state index in [1.54, 1.807) is 19.1 Å². The lowest BCUT2D eigenvalue weighted by Gasteiger charge is -2.49. The monoisotopic (exact) mass is 803 g/mol. The molecule has 1 aromatic carbocycles. The Morgan fingerprint density at radius 3 is 2.35 bits per heavy atom. The maximum absolute atomic E-state index is 12.7. The average Bonchev–Trinajstić information content (AvgIpc) is 3.88. The van der Waals surface area contributed by atoms with E-state index in [9.17, 15) is 24.9 Å². The first kappa shape index (κ1) is 44.2. The molecule has 1 amide bonds. The molecule has 1 spiro atoms. The van der Waals surface area contributed by atoms with Crippen LogP contribution in [0.4, 0.5) is 10.5 Å². The molecular weight excluding hydrogens is 734 g/mol. The Kier molecular flexibility index (Phi) is 13.1. The first-order chi connectivity index (χ1) is 26.8. The molecule has 322 valence electrons. The number of carboxylic acids is 1. The maximum atomic E-state index is 12.7. The molecule has 0 aromatic heterocycles. The topological polar surface area (TPSA) is 171 Å². The number of anilines is 1. The summed E-state index contributed by atoms with van der Waals surface area (Å²) in [6.45, 7) is 17.6. The molecule has 6 rings (SSSR count). The van der Waals surface area contributed by atoms with E-state index < -0.39 is 65.2 Å². The first-order valence-corrected chi connectivity index (χ1v) is 21.3. The normalized spacial score (nSPS) is 43.8. The van der Waals surface area contributed by atoms with Gasteiger partial charge in [0.15, 0.2) is 5.79 Å². The number of carboxylic acid groups (broad SMARTS) is 1. The van der Waals surface area contributed by atoms with Gasteiger partial charge in [-0.3, -0.25) is 10.1 Å². The standard InChI is InChI=1S/C44H69NO12/c1-11-42(17-16-34(54-42)41(9)18-19-43(57-41)22-32(46)28(6)37(55-43)29(7)36(51-10)30(8)39(47)48)38-26(4)21-33(53-38)35-25(3)20-27(5)44(50,56-35)23-52-40(49)45-31-14-12-24(2)13-15-31/h12-15,25-30,32-38,46,50H,11,16-23H2,1-10H3,(H,45,49)(H,47,48). The molecule has 4 N–H and O–H groups in total. The fourth-order valence-corrected chi connectivity index (χ4v) is 10.9. The highest BCUT2D eigenvalue weighted by Gasteiger charge is 2.62. The molecule has 17 atom stereocenters. The van der Waals surface area contributed by atoms with Crippen LogP contribution in [-0.2, 0) is 38.0 Å². The number of aliphatic carboxylic acids is 1. The Bertz CT molecular complexity index is 1560.